The Bertz CT molecular complexity index is 339. The summed E-state index contributed by atoms with van der Waals surface area (Å²) in [5.74, 6) is -0.893. The van der Waals surface area contributed by atoms with Gasteiger partial charge >= 0.3 is 5.97 Å². The van der Waals surface area contributed by atoms with E-state index >= 15 is 0 Å². The lowest BCUT2D eigenvalue weighted by Gasteiger charge is -1.90. The topological polar surface area (TPSA) is 115 Å². The molecule has 0 aliphatic carbocycles. The Hall–Kier alpha value is -1.98. The van der Waals surface area contributed by atoms with Crippen molar-refractivity contribution in [3.63, 3.8) is 0 Å². The number of carboxylic acid groups (broad SMARTS) is 1. The van der Waals surface area contributed by atoms with Crippen molar-refractivity contribution in [2.24, 2.45) is 16.5 Å². The molecule has 1 aromatic rings. The van der Waals surface area contributed by atoms with Crippen LogP contribution in [0.5, 0.6) is 0 Å². The number of carboxylic acids is 1. The van der Waals surface area contributed by atoms with E-state index in [1.54, 1.807) is 0 Å². The lowest BCUT2D eigenvalue weighted by molar-refractivity contribution is 0.0660. The van der Waals surface area contributed by atoms with Gasteiger partial charge in [-0.2, -0.15) is 0 Å². The summed E-state index contributed by atoms with van der Waals surface area (Å²) in [5, 5.41) is 8.50. The molecule has 0 aliphatic heterocycles. The molecule has 1 heterocycles. The molecule has 0 spiro atoms. The molecule has 0 unspecified atom stereocenters. The van der Waals surface area contributed by atoms with Crippen LogP contribution in [0, 0.1) is 0 Å². The summed E-state index contributed by atoms with van der Waals surface area (Å²) < 4.78 is 4.88. The number of aromatic carboxylic acids is 1. The van der Waals surface area contributed by atoms with Crippen LogP contribution in [0.3, 0.4) is 0 Å². The van der Waals surface area contributed by atoms with Gasteiger partial charge in [-0.25, -0.2) is 9.79 Å². The van der Waals surface area contributed by atoms with E-state index in [0.717, 1.165) is 0 Å². The number of nitrogens with two attached hydrogens (primary N) is 2. The molecule has 0 bridgehead atoms. The molecule has 6 heteroatoms. The Kier molecular flexibility index (Phi) is 2.53. The monoisotopic (exact) mass is 183 g/mol. The van der Waals surface area contributed by atoms with Crippen LogP contribution in [-0.4, -0.2) is 17.0 Å². The standard InChI is InChI=1S/C7H9N3O3/c8-7(9)10-3-4-1-2-5(13-4)6(11)12/h1-2H,3H2,(H,11,12)(H4,8,9,10). The highest BCUT2D eigenvalue weighted by molar-refractivity contribution is 5.84. The molecule has 1 aromatic heterocycles. The summed E-state index contributed by atoms with van der Waals surface area (Å²) >= 11 is 0. The number of hydrogen-bond acceptors (Lipinski definition) is 3. The van der Waals surface area contributed by atoms with E-state index in [-0.39, 0.29) is 18.3 Å². The summed E-state index contributed by atoms with van der Waals surface area (Å²) in [6, 6.07) is 2.86. The Morgan fingerprint density at radius 1 is 1.54 bits per heavy atom. The molecule has 1 rings (SSSR count). The Labute approximate surface area is 73.9 Å². The molecule has 6 nitrogen and oxygen atoms in total. The van der Waals surface area contributed by atoms with Gasteiger partial charge < -0.3 is 21.0 Å². The lowest BCUT2D eigenvalue weighted by Crippen LogP contribution is -2.22. The molecule has 0 aliphatic rings. The third-order valence-corrected chi connectivity index (χ3v) is 1.29. The van der Waals surface area contributed by atoms with Crippen LogP contribution in [0.25, 0.3) is 0 Å². The van der Waals surface area contributed by atoms with Gasteiger partial charge in [0.25, 0.3) is 0 Å². The maximum Gasteiger partial charge on any atom is 0.371 e. The van der Waals surface area contributed by atoms with Gasteiger partial charge in [0.2, 0.25) is 5.76 Å². The van der Waals surface area contributed by atoms with Gasteiger partial charge in [-0.15, -0.1) is 0 Å². The van der Waals surface area contributed by atoms with E-state index in [0.29, 0.717) is 5.76 Å². The third kappa shape index (κ3) is 2.51. The van der Waals surface area contributed by atoms with Crippen molar-refractivity contribution in [2.45, 2.75) is 6.54 Å². The molecule has 0 fully saturated rings. The highest BCUT2D eigenvalue weighted by atomic mass is 16.4. The first-order valence-corrected chi connectivity index (χ1v) is 3.47. The first-order chi connectivity index (χ1) is 6.09. The van der Waals surface area contributed by atoms with E-state index in [1.165, 1.54) is 12.1 Å². The number of aliphatic imine (C=N–C) groups is 1. The molecule has 70 valence electrons. The van der Waals surface area contributed by atoms with E-state index in [1.807, 2.05) is 0 Å². The average molecular weight is 183 g/mol. The minimum absolute atomic E-state index is 0.0618. The Morgan fingerprint density at radius 3 is 2.69 bits per heavy atom. The van der Waals surface area contributed by atoms with Crippen molar-refractivity contribution < 1.29 is 14.3 Å². The zero-order valence-corrected chi connectivity index (χ0v) is 6.73. The molecule has 0 saturated carbocycles. The summed E-state index contributed by atoms with van der Waals surface area (Å²) in [7, 11) is 0. The number of carbonyl (C=O) groups is 1. The maximum absolute atomic E-state index is 10.4. The molecule has 0 atom stereocenters. The number of nitrogens with zero attached hydrogens (tertiary/aromatic N) is 1. The van der Waals surface area contributed by atoms with Crippen LogP contribution < -0.4 is 11.5 Å². The van der Waals surface area contributed by atoms with Crippen molar-refractivity contribution in [2.75, 3.05) is 0 Å². The summed E-state index contributed by atoms with van der Waals surface area (Å²) in [4.78, 5) is 14.0. The van der Waals surface area contributed by atoms with Crippen molar-refractivity contribution >= 4 is 11.9 Å². The van der Waals surface area contributed by atoms with Crippen molar-refractivity contribution in [1.82, 2.24) is 0 Å². The minimum atomic E-state index is -1.11. The number of furan rings is 1. The second-order valence-electron chi connectivity index (χ2n) is 2.31. The molecular weight excluding hydrogens is 174 g/mol. The fourth-order valence-corrected chi connectivity index (χ4v) is 0.747. The zero-order valence-electron chi connectivity index (χ0n) is 6.73. The molecule has 0 radical (unpaired) electrons. The van der Waals surface area contributed by atoms with Gasteiger partial charge in [0.15, 0.2) is 5.96 Å². The Balaban J connectivity index is 2.70. The lowest BCUT2D eigenvalue weighted by atomic mass is 10.4. The van der Waals surface area contributed by atoms with E-state index in [4.69, 9.17) is 21.0 Å². The normalized spacial score (nSPS) is 9.54. The van der Waals surface area contributed by atoms with Gasteiger partial charge in [-0.3, -0.25) is 0 Å². The van der Waals surface area contributed by atoms with E-state index in [9.17, 15) is 4.79 Å². The van der Waals surface area contributed by atoms with Crippen molar-refractivity contribution in [1.29, 1.82) is 0 Å². The summed E-state index contributed by atoms with van der Waals surface area (Å²) in [6.07, 6.45) is 0. The summed E-state index contributed by atoms with van der Waals surface area (Å²) in [6.45, 7) is 0.148. The third-order valence-electron chi connectivity index (χ3n) is 1.29. The molecule has 13 heavy (non-hydrogen) atoms. The fourth-order valence-electron chi connectivity index (χ4n) is 0.747. The average Bonchev–Trinajstić information content (AvgIpc) is 2.48. The molecule has 0 aromatic carbocycles. The van der Waals surface area contributed by atoms with Crippen LogP contribution in [0.1, 0.15) is 16.3 Å². The minimum Gasteiger partial charge on any atom is -0.475 e. The predicted molar refractivity (Wildman–Crippen MR) is 45.2 cm³/mol. The number of rotatable bonds is 3. The zero-order chi connectivity index (χ0) is 9.84. The van der Waals surface area contributed by atoms with Crippen LogP contribution in [0.4, 0.5) is 0 Å². The first kappa shape index (κ1) is 9.11. The molecule has 0 amide bonds. The molecular formula is C7H9N3O3. The highest BCUT2D eigenvalue weighted by Gasteiger charge is 2.07. The van der Waals surface area contributed by atoms with Crippen LogP contribution in [0.15, 0.2) is 21.5 Å². The van der Waals surface area contributed by atoms with Crippen LogP contribution in [-0.2, 0) is 6.54 Å². The highest BCUT2D eigenvalue weighted by Crippen LogP contribution is 2.08. The van der Waals surface area contributed by atoms with Crippen LogP contribution >= 0.6 is 0 Å². The van der Waals surface area contributed by atoms with Gasteiger partial charge in [-0.1, -0.05) is 0 Å². The van der Waals surface area contributed by atoms with Gasteiger partial charge in [0, 0.05) is 0 Å². The van der Waals surface area contributed by atoms with Gasteiger partial charge in [0.1, 0.15) is 12.3 Å². The Morgan fingerprint density at radius 2 is 2.23 bits per heavy atom. The number of guanidine groups is 1. The summed E-state index contributed by atoms with van der Waals surface area (Å²) in [5.41, 5.74) is 10.2. The van der Waals surface area contributed by atoms with Crippen molar-refractivity contribution in [3.8, 4) is 0 Å². The smallest absolute Gasteiger partial charge is 0.371 e. The van der Waals surface area contributed by atoms with Gasteiger partial charge in [0.05, 0.1) is 0 Å². The predicted octanol–water partition coefficient (Wildman–Crippen LogP) is -0.249. The first-order valence-electron chi connectivity index (χ1n) is 3.47. The largest absolute Gasteiger partial charge is 0.475 e. The second-order valence-corrected chi connectivity index (χ2v) is 2.31. The molecule has 5 N–H and O–H groups in total. The van der Waals surface area contributed by atoms with Crippen molar-refractivity contribution in [3.05, 3.63) is 23.7 Å². The van der Waals surface area contributed by atoms with Gasteiger partial charge in [-0.05, 0) is 12.1 Å². The van der Waals surface area contributed by atoms with E-state index in [2.05, 4.69) is 4.99 Å². The fraction of sp³-hybridized carbons (Fsp3) is 0.143. The maximum atomic E-state index is 10.4. The quantitative estimate of drug-likeness (QED) is 0.441. The van der Waals surface area contributed by atoms with Crippen LogP contribution in [0.2, 0.25) is 0 Å². The van der Waals surface area contributed by atoms with E-state index < -0.39 is 5.97 Å². The second kappa shape index (κ2) is 3.61. The SMILES string of the molecule is NC(N)=NCc1ccc(C(=O)O)o1. The number of hydrogen-bond donors (Lipinski definition) is 3. The molecule has 0 saturated heterocycles.